The van der Waals surface area contributed by atoms with Crippen molar-refractivity contribution in [1.82, 2.24) is 10.9 Å². The molecule has 0 aromatic heterocycles. The Morgan fingerprint density at radius 3 is 2.32 bits per heavy atom. The van der Waals surface area contributed by atoms with Gasteiger partial charge >= 0.3 is 0 Å². The van der Waals surface area contributed by atoms with Crippen molar-refractivity contribution < 1.29 is 9.59 Å². The topological polar surface area (TPSA) is 58.2 Å². The van der Waals surface area contributed by atoms with Gasteiger partial charge in [0.1, 0.15) is 0 Å². The van der Waals surface area contributed by atoms with Crippen molar-refractivity contribution in [3.05, 3.63) is 76.9 Å². The molecule has 22 heavy (non-hydrogen) atoms. The van der Waals surface area contributed by atoms with Crippen LogP contribution in [-0.4, -0.2) is 11.8 Å². The van der Waals surface area contributed by atoms with Gasteiger partial charge in [0, 0.05) is 11.6 Å². The summed E-state index contributed by atoms with van der Waals surface area (Å²) < 4.78 is 0. The number of aryl methyl sites for hydroxylation is 2. The van der Waals surface area contributed by atoms with Gasteiger partial charge in [-0.2, -0.15) is 0 Å². The Labute approximate surface area is 129 Å². The molecule has 2 rings (SSSR count). The van der Waals surface area contributed by atoms with Crippen LogP contribution < -0.4 is 10.9 Å². The lowest BCUT2D eigenvalue weighted by atomic mass is 10.1. The number of hydrazine groups is 1. The third kappa shape index (κ3) is 4.59. The van der Waals surface area contributed by atoms with E-state index in [9.17, 15) is 9.59 Å². The first-order valence-electron chi connectivity index (χ1n) is 6.96. The first-order chi connectivity index (χ1) is 10.5. The number of rotatable bonds is 3. The molecule has 2 aromatic carbocycles. The monoisotopic (exact) mass is 294 g/mol. The maximum Gasteiger partial charge on any atom is 0.269 e. The molecule has 0 saturated heterocycles. The van der Waals surface area contributed by atoms with Crippen molar-refractivity contribution >= 4 is 17.9 Å². The molecule has 4 nitrogen and oxygen atoms in total. The Balaban J connectivity index is 1.87. The largest absolute Gasteiger partial charge is 0.269 e. The summed E-state index contributed by atoms with van der Waals surface area (Å²) in [5, 5.41) is 0. The Kier molecular flexibility index (Phi) is 5.09. The number of carbonyl (C=O) groups excluding carboxylic acids is 2. The molecule has 4 heteroatoms. The molecular weight excluding hydrogens is 276 g/mol. The molecule has 2 amide bonds. The van der Waals surface area contributed by atoms with E-state index in [0.29, 0.717) is 5.56 Å². The minimum atomic E-state index is -0.387. The van der Waals surface area contributed by atoms with Crippen molar-refractivity contribution in [3.63, 3.8) is 0 Å². The summed E-state index contributed by atoms with van der Waals surface area (Å²) in [6.45, 7) is 3.90. The molecule has 0 saturated carbocycles. The Hall–Kier alpha value is -2.88. The van der Waals surface area contributed by atoms with E-state index < -0.39 is 0 Å². The molecule has 0 radical (unpaired) electrons. The van der Waals surface area contributed by atoms with E-state index in [2.05, 4.69) is 10.9 Å². The highest BCUT2D eigenvalue weighted by molar-refractivity contribution is 5.98. The zero-order chi connectivity index (χ0) is 15.9. The molecule has 0 aliphatic rings. The number of benzene rings is 2. The minimum absolute atomic E-state index is 0.346. The fraction of sp³-hybridized carbons (Fsp3) is 0.111. The van der Waals surface area contributed by atoms with E-state index >= 15 is 0 Å². The third-order valence-electron chi connectivity index (χ3n) is 3.08. The van der Waals surface area contributed by atoms with Gasteiger partial charge in [-0.05, 0) is 37.6 Å². The SMILES string of the molecule is Cc1ccc(C=CC(=O)NNC(=O)c2cccc(C)c2)cc1. The quantitative estimate of drug-likeness (QED) is 0.675. The van der Waals surface area contributed by atoms with Crippen LogP contribution in [0.3, 0.4) is 0 Å². The van der Waals surface area contributed by atoms with Gasteiger partial charge in [0.2, 0.25) is 0 Å². The molecule has 2 aromatic rings. The van der Waals surface area contributed by atoms with E-state index in [4.69, 9.17) is 0 Å². The average Bonchev–Trinajstić information content (AvgIpc) is 2.52. The van der Waals surface area contributed by atoms with Crippen LogP contribution in [-0.2, 0) is 4.79 Å². The van der Waals surface area contributed by atoms with Gasteiger partial charge in [0.25, 0.3) is 11.8 Å². The van der Waals surface area contributed by atoms with Crippen molar-refractivity contribution in [2.75, 3.05) is 0 Å². The van der Waals surface area contributed by atoms with E-state index in [1.807, 2.05) is 44.2 Å². The Morgan fingerprint density at radius 1 is 0.909 bits per heavy atom. The van der Waals surface area contributed by atoms with E-state index in [0.717, 1.165) is 16.7 Å². The number of hydrogen-bond acceptors (Lipinski definition) is 2. The van der Waals surface area contributed by atoms with E-state index in [1.165, 1.54) is 6.08 Å². The first-order valence-corrected chi connectivity index (χ1v) is 6.96. The summed E-state index contributed by atoms with van der Waals surface area (Å²) in [5.74, 6) is -0.734. The molecule has 0 atom stereocenters. The maximum atomic E-state index is 11.9. The number of hydrogen-bond donors (Lipinski definition) is 2. The summed E-state index contributed by atoms with van der Waals surface area (Å²) in [4.78, 5) is 23.5. The van der Waals surface area contributed by atoms with Crippen molar-refractivity contribution in [3.8, 4) is 0 Å². The van der Waals surface area contributed by atoms with Gasteiger partial charge in [0.05, 0.1) is 0 Å². The molecule has 2 N–H and O–H groups in total. The molecule has 0 spiro atoms. The average molecular weight is 294 g/mol. The lowest BCUT2D eigenvalue weighted by Gasteiger charge is -2.05. The highest BCUT2D eigenvalue weighted by atomic mass is 16.2. The lowest BCUT2D eigenvalue weighted by Crippen LogP contribution is -2.40. The van der Waals surface area contributed by atoms with Gasteiger partial charge < -0.3 is 0 Å². The normalized spacial score (nSPS) is 10.5. The number of nitrogens with one attached hydrogen (secondary N) is 2. The fourth-order valence-corrected chi connectivity index (χ4v) is 1.87. The highest BCUT2D eigenvalue weighted by Gasteiger charge is 2.05. The molecule has 0 fully saturated rings. The second-order valence-electron chi connectivity index (χ2n) is 5.06. The smallest absolute Gasteiger partial charge is 0.268 e. The summed E-state index contributed by atoms with van der Waals surface area (Å²) in [7, 11) is 0. The van der Waals surface area contributed by atoms with Gasteiger partial charge in [-0.15, -0.1) is 0 Å². The predicted octanol–water partition coefficient (Wildman–Crippen LogP) is 2.78. The van der Waals surface area contributed by atoms with E-state index in [1.54, 1.807) is 24.3 Å². The Morgan fingerprint density at radius 2 is 1.64 bits per heavy atom. The molecule has 0 unspecified atom stereocenters. The minimum Gasteiger partial charge on any atom is -0.268 e. The molecular formula is C18H18N2O2. The molecule has 0 heterocycles. The second-order valence-corrected chi connectivity index (χ2v) is 5.06. The fourth-order valence-electron chi connectivity index (χ4n) is 1.87. The molecule has 0 aliphatic heterocycles. The van der Waals surface area contributed by atoms with Crippen LogP contribution in [0.1, 0.15) is 27.0 Å². The van der Waals surface area contributed by atoms with Crippen LogP contribution in [0.15, 0.2) is 54.6 Å². The van der Waals surface area contributed by atoms with Crippen LogP contribution >= 0.6 is 0 Å². The third-order valence-corrected chi connectivity index (χ3v) is 3.08. The second kappa shape index (κ2) is 7.22. The zero-order valence-electron chi connectivity index (χ0n) is 12.6. The molecule has 0 aliphatic carbocycles. The zero-order valence-corrected chi connectivity index (χ0v) is 12.6. The van der Waals surface area contributed by atoms with E-state index in [-0.39, 0.29) is 11.8 Å². The van der Waals surface area contributed by atoms with Gasteiger partial charge in [-0.25, -0.2) is 0 Å². The maximum absolute atomic E-state index is 11.9. The van der Waals surface area contributed by atoms with Crippen LogP contribution in [0.5, 0.6) is 0 Å². The predicted molar refractivity (Wildman–Crippen MR) is 87.0 cm³/mol. The lowest BCUT2D eigenvalue weighted by molar-refractivity contribution is -0.117. The van der Waals surface area contributed by atoms with Crippen LogP contribution in [0.4, 0.5) is 0 Å². The van der Waals surface area contributed by atoms with Gasteiger partial charge in [-0.1, -0.05) is 47.5 Å². The molecule has 112 valence electrons. The standard InChI is InChI=1S/C18H18N2O2/c1-13-6-8-15(9-7-13)10-11-17(21)19-20-18(22)16-5-3-4-14(2)12-16/h3-12H,1-2H3,(H,19,21)(H,20,22). The van der Waals surface area contributed by atoms with Crippen molar-refractivity contribution in [2.45, 2.75) is 13.8 Å². The van der Waals surface area contributed by atoms with Gasteiger partial charge in [-0.3, -0.25) is 20.4 Å². The summed E-state index contributed by atoms with van der Waals surface area (Å²) >= 11 is 0. The van der Waals surface area contributed by atoms with Gasteiger partial charge in [0.15, 0.2) is 0 Å². The summed E-state index contributed by atoms with van der Waals surface area (Å²) in [6, 6.07) is 14.9. The molecule has 0 bridgehead atoms. The number of carbonyl (C=O) groups is 2. The van der Waals surface area contributed by atoms with Crippen LogP contribution in [0, 0.1) is 13.8 Å². The van der Waals surface area contributed by atoms with Crippen molar-refractivity contribution in [1.29, 1.82) is 0 Å². The summed E-state index contributed by atoms with van der Waals surface area (Å²) in [6.07, 6.45) is 3.06. The van der Waals surface area contributed by atoms with Crippen LogP contribution in [0.2, 0.25) is 0 Å². The first kappa shape index (κ1) is 15.5. The summed E-state index contributed by atoms with van der Waals surface area (Å²) in [5.41, 5.74) is 8.31. The Bertz CT molecular complexity index is 703. The van der Waals surface area contributed by atoms with Crippen molar-refractivity contribution in [2.24, 2.45) is 0 Å². The van der Waals surface area contributed by atoms with Crippen LogP contribution in [0.25, 0.3) is 6.08 Å². The highest BCUT2D eigenvalue weighted by Crippen LogP contribution is 2.05. The number of amides is 2.